The van der Waals surface area contributed by atoms with E-state index >= 15 is 0 Å². The zero-order valence-electron chi connectivity index (χ0n) is 8.32. The molecule has 2 N–H and O–H groups in total. The fourth-order valence-corrected chi connectivity index (χ4v) is 1.94. The first-order valence-corrected chi connectivity index (χ1v) is 5.24. The van der Waals surface area contributed by atoms with Crippen LogP contribution in [0.5, 0.6) is 0 Å². The largest absolute Gasteiger partial charge is 0.469 e. The average Bonchev–Trinajstić information content (AvgIpc) is 2.76. The highest BCUT2D eigenvalue weighted by Crippen LogP contribution is 2.17. The molecular formula is C11H17NO2. The number of furan rings is 1. The highest BCUT2D eigenvalue weighted by molar-refractivity contribution is 5.00. The van der Waals surface area contributed by atoms with Crippen molar-refractivity contribution in [3.8, 4) is 0 Å². The molecular weight excluding hydrogens is 178 g/mol. The first-order valence-electron chi connectivity index (χ1n) is 5.24. The number of ether oxygens (including phenoxy) is 1. The lowest BCUT2D eigenvalue weighted by molar-refractivity contribution is 0.0979. The molecule has 2 heterocycles. The Hall–Kier alpha value is -0.800. The number of hydrogen-bond acceptors (Lipinski definition) is 3. The Balaban J connectivity index is 1.75. The smallest absolute Gasteiger partial charge is 0.105 e. The predicted octanol–water partition coefficient (Wildman–Crippen LogP) is 1.72. The van der Waals surface area contributed by atoms with E-state index < -0.39 is 0 Å². The van der Waals surface area contributed by atoms with Crippen molar-refractivity contribution in [1.29, 1.82) is 0 Å². The van der Waals surface area contributed by atoms with E-state index in [1.54, 1.807) is 6.26 Å². The summed E-state index contributed by atoms with van der Waals surface area (Å²) in [4.78, 5) is 0. The fraction of sp³-hybridized carbons (Fsp3) is 0.636. The third-order valence-corrected chi connectivity index (χ3v) is 2.63. The zero-order chi connectivity index (χ0) is 9.80. The average molecular weight is 195 g/mol. The minimum atomic E-state index is 0.157. The van der Waals surface area contributed by atoms with E-state index in [0.717, 1.165) is 31.6 Å². The predicted molar refractivity (Wildman–Crippen MR) is 54.0 cm³/mol. The Labute approximate surface area is 84.2 Å². The van der Waals surface area contributed by atoms with E-state index in [1.165, 1.54) is 6.42 Å². The van der Waals surface area contributed by atoms with Gasteiger partial charge in [0.2, 0.25) is 0 Å². The van der Waals surface area contributed by atoms with E-state index in [4.69, 9.17) is 14.9 Å². The van der Waals surface area contributed by atoms with Gasteiger partial charge in [0.1, 0.15) is 5.76 Å². The normalized spacial score (nSPS) is 23.9. The standard InChI is InChI=1S/C11H17NO2/c12-9(7-10-3-1-5-13-10)8-11-4-2-6-14-11/h1,3,5,9,11H,2,4,6-8,12H2. The summed E-state index contributed by atoms with van der Waals surface area (Å²) < 4.78 is 10.8. The lowest BCUT2D eigenvalue weighted by atomic mass is 10.0. The number of nitrogens with two attached hydrogens (primary N) is 1. The van der Waals surface area contributed by atoms with Gasteiger partial charge in [0.05, 0.1) is 12.4 Å². The summed E-state index contributed by atoms with van der Waals surface area (Å²) in [6, 6.07) is 4.02. The van der Waals surface area contributed by atoms with E-state index in [1.807, 2.05) is 12.1 Å². The summed E-state index contributed by atoms with van der Waals surface area (Å²) in [5.41, 5.74) is 6.00. The summed E-state index contributed by atoms with van der Waals surface area (Å²) in [5.74, 6) is 0.968. The molecule has 78 valence electrons. The Morgan fingerprint density at radius 3 is 3.14 bits per heavy atom. The van der Waals surface area contributed by atoms with Gasteiger partial charge in [-0.25, -0.2) is 0 Å². The van der Waals surface area contributed by atoms with E-state index in [0.29, 0.717) is 6.10 Å². The molecule has 2 unspecified atom stereocenters. The molecule has 2 atom stereocenters. The van der Waals surface area contributed by atoms with Crippen LogP contribution in [0.3, 0.4) is 0 Å². The molecule has 2 rings (SSSR count). The van der Waals surface area contributed by atoms with Gasteiger partial charge in [-0.15, -0.1) is 0 Å². The van der Waals surface area contributed by atoms with Gasteiger partial charge in [-0.3, -0.25) is 0 Å². The first kappa shape index (κ1) is 9.74. The van der Waals surface area contributed by atoms with Crippen LogP contribution >= 0.6 is 0 Å². The van der Waals surface area contributed by atoms with Crippen molar-refractivity contribution in [2.75, 3.05) is 6.61 Å². The maximum absolute atomic E-state index is 6.00. The van der Waals surface area contributed by atoms with Crippen LogP contribution in [-0.2, 0) is 11.2 Å². The van der Waals surface area contributed by atoms with Gasteiger partial charge >= 0.3 is 0 Å². The van der Waals surface area contributed by atoms with Crippen molar-refractivity contribution in [3.63, 3.8) is 0 Å². The molecule has 0 bridgehead atoms. The molecule has 3 nitrogen and oxygen atoms in total. The maximum Gasteiger partial charge on any atom is 0.105 e. The molecule has 1 aliphatic heterocycles. The first-order chi connectivity index (χ1) is 6.84. The third kappa shape index (κ3) is 2.59. The van der Waals surface area contributed by atoms with Crippen molar-refractivity contribution < 1.29 is 9.15 Å². The highest BCUT2D eigenvalue weighted by atomic mass is 16.5. The second-order valence-electron chi connectivity index (χ2n) is 3.91. The molecule has 0 saturated carbocycles. The lowest BCUT2D eigenvalue weighted by Crippen LogP contribution is -2.27. The molecule has 3 heteroatoms. The van der Waals surface area contributed by atoms with Gasteiger partial charge < -0.3 is 14.9 Å². The molecule has 0 spiro atoms. The molecule has 1 aromatic heterocycles. The summed E-state index contributed by atoms with van der Waals surface area (Å²) in [7, 11) is 0. The van der Waals surface area contributed by atoms with Gasteiger partial charge in [-0.2, -0.15) is 0 Å². The van der Waals surface area contributed by atoms with Crippen LogP contribution < -0.4 is 5.73 Å². The molecule has 1 aliphatic rings. The van der Waals surface area contributed by atoms with Crippen LogP contribution in [0, 0.1) is 0 Å². The maximum atomic E-state index is 6.00. The molecule has 0 radical (unpaired) electrons. The fourth-order valence-electron chi connectivity index (χ4n) is 1.94. The number of hydrogen-bond donors (Lipinski definition) is 1. The SMILES string of the molecule is NC(Cc1ccco1)CC1CCCO1. The van der Waals surface area contributed by atoms with E-state index in [-0.39, 0.29) is 6.04 Å². The van der Waals surface area contributed by atoms with Crippen LogP contribution in [0.1, 0.15) is 25.0 Å². The van der Waals surface area contributed by atoms with Crippen molar-refractivity contribution >= 4 is 0 Å². The molecule has 0 aromatic carbocycles. The number of rotatable bonds is 4. The van der Waals surface area contributed by atoms with Crippen molar-refractivity contribution in [2.24, 2.45) is 5.73 Å². The van der Waals surface area contributed by atoms with Gasteiger partial charge in [0.25, 0.3) is 0 Å². The van der Waals surface area contributed by atoms with Gasteiger partial charge in [-0.1, -0.05) is 0 Å². The monoisotopic (exact) mass is 195 g/mol. The van der Waals surface area contributed by atoms with E-state index in [9.17, 15) is 0 Å². The molecule has 0 amide bonds. The Bertz CT molecular complexity index is 252. The van der Waals surface area contributed by atoms with Crippen LogP contribution in [0.2, 0.25) is 0 Å². The second-order valence-corrected chi connectivity index (χ2v) is 3.91. The molecule has 14 heavy (non-hydrogen) atoms. The minimum absolute atomic E-state index is 0.157. The summed E-state index contributed by atoms with van der Waals surface area (Å²) in [6.45, 7) is 0.901. The van der Waals surface area contributed by atoms with Crippen molar-refractivity contribution in [2.45, 2.75) is 37.8 Å². The molecule has 1 aromatic rings. The highest BCUT2D eigenvalue weighted by Gasteiger charge is 2.19. The lowest BCUT2D eigenvalue weighted by Gasteiger charge is -2.14. The van der Waals surface area contributed by atoms with Gasteiger partial charge in [0, 0.05) is 19.1 Å². The molecule has 0 aliphatic carbocycles. The van der Waals surface area contributed by atoms with Gasteiger partial charge in [0.15, 0.2) is 0 Å². The van der Waals surface area contributed by atoms with Crippen LogP contribution in [0.15, 0.2) is 22.8 Å². The zero-order valence-corrected chi connectivity index (χ0v) is 8.32. The topological polar surface area (TPSA) is 48.4 Å². The van der Waals surface area contributed by atoms with Crippen LogP contribution in [-0.4, -0.2) is 18.8 Å². The molecule has 1 saturated heterocycles. The third-order valence-electron chi connectivity index (χ3n) is 2.63. The Kier molecular flexibility index (Phi) is 3.22. The second kappa shape index (κ2) is 4.62. The summed E-state index contributed by atoms with van der Waals surface area (Å²) in [5, 5.41) is 0. The Morgan fingerprint density at radius 1 is 1.57 bits per heavy atom. The van der Waals surface area contributed by atoms with Crippen molar-refractivity contribution in [3.05, 3.63) is 24.2 Å². The van der Waals surface area contributed by atoms with Crippen LogP contribution in [0.25, 0.3) is 0 Å². The minimum Gasteiger partial charge on any atom is -0.469 e. The Morgan fingerprint density at radius 2 is 2.50 bits per heavy atom. The van der Waals surface area contributed by atoms with Gasteiger partial charge in [-0.05, 0) is 31.4 Å². The molecule has 1 fully saturated rings. The summed E-state index contributed by atoms with van der Waals surface area (Å²) >= 11 is 0. The summed E-state index contributed by atoms with van der Waals surface area (Å²) in [6.07, 6.45) is 6.16. The van der Waals surface area contributed by atoms with Crippen LogP contribution in [0.4, 0.5) is 0 Å². The quantitative estimate of drug-likeness (QED) is 0.795. The van der Waals surface area contributed by atoms with E-state index in [2.05, 4.69) is 0 Å². The van der Waals surface area contributed by atoms with Crippen molar-refractivity contribution in [1.82, 2.24) is 0 Å².